The van der Waals surface area contributed by atoms with Crippen LogP contribution in [0.1, 0.15) is 45.4 Å². The van der Waals surface area contributed by atoms with Gasteiger partial charge in [-0.2, -0.15) is 0 Å². The molecule has 0 unspecified atom stereocenters. The second-order valence-electron chi connectivity index (χ2n) is 7.21. The van der Waals surface area contributed by atoms with Gasteiger partial charge in [0.25, 0.3) is 0 Å². The van der Waals surface area contributed by atoms with Crippen molar-refractivity contribution in [2.24, 2.45) is 5.92 Å². The monoisotopic (exact) mass is 324 g/mol. The summed E-state index contributed by atoms with van der Waals surface area (Å²) in [4.78, 5) is 17.3. The second-order valence-corrected chi connectivity index (χ2v) is 7.21. The van der Waals surface area contributed by atoms with E-state index in [2.05, 4.69) is 16.7 Å². The molecular weight excluding hydrogens is 292 g/mol. The van der Waals surface area contributed by atoms with Gasteiger partial charge < -0.3 is 14.4 Å². The van der Waals surface area contributed by atoms with E-state index in [9.17, 15) is 4.79 Å². The molecule has 0 aliphatic carbocycles. The van der Waals surface area contributed by atoms with E-state index in [1.165, 1.54) is 12.8 Å². The van der Waals surface area contributed by atoms with Gasteiger partial charge >= 0.3 is 0 Å². The predicted octanol–water partition coefficient (Wildman–Crippen LogP) is 1.90. The maximum atomic E-state index is 12.6. The minimum absolute atomic E-state index is 0.312. The van der Waals surface area contributed by atoms with Crippen molar-refractivity contribution < 1.29 is 14.3 Å². The molecule has 23 heavy (non-hydrogen) atoms. The highest BCUT2D eigenvalue weighted by Crippen LogP contribution is 2.27. The van der Waals surface area contributed by atoms with Gasteiger partial charge in [-0.05, 0) is 31.6 Å². The van der Waals surface area contributed by atoms with Gasteiger partial charge in [0.2, 0.25) is 5.91 Å². The number of likely N-dealkylation sites (tertiary alicyclic amines) is 1. The Morgan fingerprint density at radius 1 is 1.13 bits per heavy atom. The van der Waals surface area contributed by atoms with E-state index in [0.717, 1.165) is 65.3 Å². The van der Waals surface area contributed by atoms with Crippen LogP contribution in [-0.4, -0.2) is 73.9 Å². The molecule has 0 N–H and O–H groups in total. The first-order valence-corrected chi connectivity index (χ1v) is 9.49. The van der Waals surface area contributed by atoms with Gasteiger partial charge in [0.05, 0.1) is 19.3 Å². The zero-order valence-corrected chi connectivity index (χ0v) is 14.5. The molecule has 3 fully saturated rings. The van der Waals surface area contributed by atoms with Crippen molar-refractivity contribution in [3.63, 3.8) is 0 Å². The van der Waals surface area contributed by atoms with E-state index in [1.807, 2.05) is 0 Å². The average Bonchev–Trinajstić information content (AvgIpc) is 3.06. The van der Waals surface area contributed by atoms with E-state index in [-0.39, 0.29) is 0 Å². The van der Waals surface area contributed by atoms with Crippen LogP contribution < -0.4 is 0 Å². The van der Waals surface area contributed by atoms with Crippen molar-refractivity contribution in [2.45, 2.75) is 57.6 Å². The Bertz CT molecular complexity index is 378. The summed E-state index contributed by atoms with van der Waals surface area (Å²) >= 11 is 0. The molecule has 0 aromatic rings. The van der Waals surface area contributed by atoms with Gasteiger partial charge in [0.15, 0.2) is 0 Å². The summed E-state index contributed by atoms with van der Waals surface area (Å²) < 4.78 is 11.2. The summed E-state index contributed by atoms with van der Waals surface area (Å²) in [7, 11) is 0. The number of hydrogen-bond acceptors (Lipinski definition) is 4. The topological polar surface area (TPSA) is 42.0 Å². The van der Waals surface area contributed by atoms with Crippen molar-refractivity contribution in [2.75, 3.05) is 46.0 Å². The fourth-order valence-corrected chi connectivity index (χ4v) is 4.26. The van der Waals surface area contributed by atoms with Crippen LogP contribution in [0.3, 0.4) is 0 Å². The number of carbonyl (C=O) groups excluding carboxylic acids is 1. The van der Waals surface area contributed by atoms with Gasteiger partial charge in [0.1, 0.15) is 0 Å². The lowest BCUT2D eigenvalue weighted by Crippen LogP contribution is -2.47. The van der Waals surface area contributed by atoms with Crippen molar-refractivity contribution in [1.29, 1.82) is 0 Å². The molecule has 3 aliphatic rings. The van der Waals surface area contributed by atoms with Crippen LogP contribution in [0.2, 0.25) is 0 Å². The van der Waals surface area contributed by atoms with Crippen molar-refractivity contribution in [3.8, 4) is 0 Å². The third-order valence-corrected chi connectivity index (χ3v) is 5.75. The highest BCUT2D eigenvalue weighted by Gasteiger charge is 2.37. The zero-order chi connectivity index (χ0) is 16.1. The van der Waals surface area contributed by atoms with Crippen molar-refractivity contribution in [3.05, 3.63) is 0 Å². The molecule has 3 saturated heterocycles. The number of amides is 1. The number of rotatable bonds is 5. The molecule has 0 bridgehead atoms. The molecule has 3 rings (SSSR count). The molecule has 132 valence electrons. The van der Waals surface area contributed by atoms with Gasteiger partial charge in [0, 0.05) is 45.2 Å². The minimum atomic E-state index is 0.312. The second kappa shape index (κ2) is 8.45. The van der Waals surface area contributed by atoms with Crippen LogP contribution in [0.25, 0.3) is 0 Å². The number of ether oxygens (including phenoxy) is 2. The molecular formula is C18H32N2O3. The Morgan fingerprint density at radius 2 is 1.96 bits per heavy atom. The van der Waals surface area contributed by atoms with Gasteiger partial charge in [-0.25, -0.2) is 0 Å². The molecule has 3 heterocycles. The Kier molecular flexibility index (Phi) is 6.31. The van der Waals surface area contributed by atoms with Gasteiger partial charge in [-0.1, -0.05) is 13.3 Å². The molecule has 0 aromatic heterocycles. The summed E-state index contributed by atoms with van der Waals surface area (Å²) in [6.45, 7) is 8.66. The Balaban J connectivity index is 1.48. The Morgan fingerprint density at radius 3 is 2.65 bits per heavy atom. The summed E-state index contributed by atoms with van der Waals surface area (Å²) in [6, 6.07) is 0.527. The molecule has 5 heteroatoms. The van der Waals surface area contributed by atoms with Crippen LogP contribution in [0, 0.1) is 5.92 Å². The van der Waals surface area contributed by atoms with Gasteiger partial charge in [-0.15, -0.1) is 0 Å². The first kappa shape index (κ1) is 17.2. The smallest absolute Gasteiger partial charge is 0.222 e. The Labute approximate surface area is 140 Å². The predicted molar refractivity (Wildman–Crippen MR) is 89.4 cm³/mol. The maximum Gasteiger partial charge on any atom is 0.222 e. The molecule has 0 spiro atoms. The van der Waals surface area contributed by atoms with Crippen molar-refractivity contribution in [1.82, 2.24) is 9.80 Å². The van der Waals surface area contributed by atoms with E-state index in [0.29, 0.717) is 30.4 Å². The van der Waals surface area contributed by atoms with E-state index >= 15 is 0 Å². The number of carbonyl (C=O) groups is 1. The highest BCUT2D eigenvalue weighted by atomic mass is 16.5. The van der Waals surface area contributed by atoms with Crippen molar-refractivity contribution >= 4 is 5.91 Å². The quantitative estimate of drug-likeness (QED) is 0.775. The lowest BCUT2D eigenvalue weighted by atomic mass is 9.99. The standard InChI is InChI=1S/C18H32N2O3/c1-2-15-13-20(14-17(15)19-8-11-22-12-9-19)18(21)7-6-16-5-3-4-10-23-16/h15-17H,2-14H2,1H3/t15-,16-,17+/m1/s1. The van der Waals surface area contributed by atoms with Crippen LogP contribution in [0.4, 0.5) is 0 Å². The number of hydrogen-bond donors (Lipinski definition) is 0. The van der Waals surface area contributed by atoms with Gasteiger partial charge in [-0.3, -0.25) is 9.69 Å². The van der Waals surface area contributed by atoms with Crippen LogP contribution >= 0.6 is 0 Å². The third kappa shape index (κ3) is 4.46. The molecule has 5 nitrogen and oxygen atoms in total. The van der Waals surface area contributed by atoms with E-state index < -0.39 is 0 Å². The lowest BCUT2D eigenvalue weighted by Gasteiger charge is -2.34. The Hall–Kier alpha value is -0.650. The average molecular weight is 324 g/mol. The first-order valence-electron chi connectivity index (χ1n) is 9.49. The number of nitrogens with zero attached hydrogens (tertiary/aromatic N) is 2. The van der Waals surface area contributed by atoms with E-state index in [1.54, 1.807) is 0 Å². The molecule has 0 saturated carbocycles. The SMILES string of the molecule is CC[C@@H]1CN(C(=O)CC[C@H]2CCCCO2)C[C@@H]1N1CCOCC1. The summed E-state index contributed by atoms with van der Waals surface area (Å²) in [6.07, 6.45) is 6.56. The van der Waals surface area contributed by atoms with Crippen LogP contribution in [-0.2, 0) is 14.3 Å². The lowest BCUT2D eigenvalue weighted by molar-refractivity contribution is -0.131. The third-order valence-electron chi connectivity index (χ3n) is 5.75. The molecule has 0 aromatic carbocycles. The molecule has 0 radical (unpaired) electrons. The fourth-order valence-electron chi connectivity index (χ4n) is 4.26. The summed E-state index contributed by atoms with van der Waals surface area (Å²) in [5, 5.41) is 0. The number of morpholine rings is 1. The molecule has 3 aliphatic heterocycles. The van der Waals surface area contributed by atoms with E-state index in [4.69, 9.17) is 9.47 Å². The molecule has 1 amide bonds. The zero-order valence-electron chi connectivity index (χ0n) is 14.5. The molecule has 3 atom stereocenters. The van der Waals surface area contributed by atoms with Crippen LogP contribution in [0.15, 0.2) is 0 Å². The fraction of sp³-hybridized carbons (Fsp3) is 0.944. The van der Waals surface area contributed by atoms with Crippen LogP contribution in [0.5, 0.6) is 0 Å². The summed E-state index contributed by atoms with van der Waals surface area (Å²) in [5.41, 5.74) is 0. The largest absolute Gasteiger partial charge is 0.379 e. The first-order chi connectivity index (χ1) is 11.3. The minimum Gasteiger partial charge on any atom is -0.379 e. The summed E-state index contributed by atoms with van der Waals surface area (Å²) in [5.74, 6) is 0.941. The highest BCUT2D eigenvalue weighted by molar-refractivity contribution is 5.76. The normalized spacial score (nSPS) is 33.1. The maximum absolute atomic E-state index is 12.6.